The summed E-state index contributed by atoms with van der Waals surface area (Å²) in [6, 6.07) is 11.2. The van der Waals surface area contributed by atoms with E-state index in [1.165, 1.54) is 6.21 Å². The summed E-state index contributed by atoms with van der Waals surface area (Å²) in [5.74, 6) is -0.651. The molecule has 144 valence electrons. The van der Waals surface area contributed by atoms with Gasteiger partial charge in [0.05, 0.1) is 28.3 Å². The number of ether oxygens (including phenoxy) is 1. The van der Waals surface area contributed by atoms with Crippen LogP contribution in [0.15, 0.2) is 56.7 Å². The van der Waals surface area contributed by atoms with Gasteiger partial charge >= 0.3 is 11.6 Å². The van der Waals surface area contributed by atoms with Gasteiger partial charge in [0.15, 0.2) is 5.58 Å². The lowest BCUT2D eigenvalue weighted by Gasteiger charge is -2.04. The van der Waals surface area contributed by atoms with E-state index < -0.39 is 11.6 Å². The minimum atomic E-state index is -0.752. The highest BCUT2D eigenvalue weighted by molar-refractivity contribution is 6.35. The number of carbonyl (C=O) groups is 1. The first kappa shape index (κ1) is 19.6. The fourth-order valence-corrected chi connectivity index (χ4v) is 2.73. The van der Waals surface area contributed by atoms with Gasteiger partial charge in [-0.3, -0.25) is 4.99 Å². The molecule has 0 saturated carbocycles. The summed E-state index contributed by atoms with van der Waals surface area (Å²) >= 11 is 5.99. The second-order valence-electron chi connectivity index (χ2n) is 6.06. The van der Waals surface area contributed by atoms with Gasteiger partial charge in [0.25, 0.3) is 0 Å². The number of hydrogen-bond donors (Lipinski definition) is 1. The number of para-hydroxylation sites is 1. The molecule has 1 aromatic heterocycles. The van der Waals surface area contributed by atoms with Crippen LogP contribution in [0.4, 0.5) is 5.69 Å². The fourth-order valence-electron chi connectivity index (χ4n) is 2.52. The maximum absolute atomic E-state index is 12.2. The molecule has 2 aromatic carbocycles. The zero-order valence-corrected chi connectivity index (χ0v) is 15.9. The third-order valence-electron chi connectivity index (χ3n) is 4.07. The smallest absolute Gasteiger partial charge is 0.349 e. The average Bonchev–Trinajstić information content (AvgIpc) is 2.69. The molecule has 0 aliphatic rings. The van der Waals surface area contributed by atoms with Crippen LogP contribution in [-0.2, 0) is 4.74 Å². The molecule has 0 spiro atoms. The Labute approximate surface area is 166 Å². The molecule has 0 bridgehead atoms. The molecule has 3 aromatic rings. The number of aromatic hydroxyl groups is 1. The molecule has 0 atom stereocenters. The van der Waals surface area contributed by atoms with E-state index in [4.69, 9.17) is 20.8 Å². The number of aliphatic imine (C=N–C) groups is 1. The van der Waals surface area contributed by atoms with Crippen molar-refractivity contribution < 1.29 is 19.1 Å². The minimum Gasteiger partial charge on any atom is -0.506 e. The summed E-state index contributed by atoms with van der Waals surface area (Å²) in [5, 5.41) is 10.9. The van der Waals surface area contributed by atoms with E-state index in [9.17, 15) is 14.7 Å². The van der Waals surface area contributed by atoms with Gasteiger partial charge in [-0.15, -0.1) is 0 Å². The average molecular weight is 400 g/mol. The molecule has 28 heavy (non-hydrogen) atoms. The Morgan fingerprint density at radius 3 is 2.71 bits per heavy atom. The van der Waals surface area contributed by atoms with Gasteiger partial charge in [-0.25, -0.2) is 9.59 Å². The first-order valence-electron chi connectivity index (χ1n) is 8.76. The summed E-state index contributed by atoms with van der Waals surface area (Å²) < 4.78 is 10.3. The van der Waals surface area contributed by atoms with Crippen molar-refractivity contribution in [3.8, 4) is 5.75 Å². The van der Waals surface area contributed by atoms with Crippen molar-refractivity contribution in [3.63, 3.8) is 0 Å². The van der Waals surface area contributed by atoms with Crippen molar-refractivity contribution in [3.05, 3.63) is 69.0 Å². The molecule has 1 N–H and O–H groups in total. The number of rotatable bonds is 6. The van der Waals surface area contributed by atoms with Crippen molar-refractivity contribution in [1.82, 2.24) is 0 Å². The van der Waals surface area contributed by atoms with E-state index in [2.05, 4.69) is 4.99 Å². The van der Waals surface area contributed by atoms with Gasteiger partial charge in [0.2, 0.25) is 0 Å². The highest BCUT2D eigenvalue weighted by Crippen LogP contribution is 2.30. The maximum atomic E-state index is 12.2. The largest absolute Gasteiger partial charge is 0.506 e. The Balaban J connectivity index is 1.82. The Morgan fingerprint density at radius 1 is 1.25 bits per heavy atom. The van der Waals surface area contributed by atoms with Crippen LogP contribution < -0.4 is 5.63 Å². The van der Waals surface area contributed by atoms with Gasteiger partial charge in [0.1, 0.15) is 11.3 Å². The van der Waals surface area contributed by atoms with Crippen molar-refractivity contribution in [1.29, 1.82) is 0 Å². The predicted octanol–water partition coefficient (Wildman–Crippen LogP) is 4.86. The third kappa shape index (κ3) is 4.23. The third-order valence-corrected chi connectivity index (χ3v) is 4.37. The number of halogens is 1. The Morgan fingerprint density at radius 2 is 2.00 bits per heavy atom. The highest BCUT2D eigenvalue weighted by atomic mass is 35.5. The first-order chi connectivity index (χ1) is 13.5. The van der Waals surface area contributed by atoms with Crippen LogP contribution in [0.5, 0.6) is 5.75 Å². The molecule has 0 fully saturated rings. The van der Waals surface area contributed by atoms with Crippen molar-refractivity contribution in [2.45, 2.75) is 19.8 Å². The number of benzene rings is 2. The van der Waals surface area contributed by atoms with Crippen molar-refractivity contribution in [2.24, 2.45) is 4.99 Å². The van der Waals surface area contributed by atoms with E-state index >= 15 is 0 Å². The molecular weight excluding hydrogens is 382 g/mol. The molecule has 0 radical (unpaired) electrons. The van der Waals surface area contributed by atoms with E-state index in [1.807, 2.05) is 6.92 Å². The summed E-state index contributed by atoms with van der Waals surface area (Å²) in [7, 11) is 0. The monoisotopic (exact) mass is 399 g/mol. The lowest BCUT2D eigenvalue weighted by atomic mass is 10.1. The van der Waals surface area contributed by atoms with E-state index in [1.54, 1.807) is 42.5 Å². The Hall–Kier alpha value is -3.12. The summed E-state index contributed by atoms with van der Waals surface area (Å²) in [6.07, 6.45) is 2.98. The van der Waals surface area contributed by atoms with Crippen LogP contribution in [0.1, 0.15) is 35.7 Å². The SMILES string of the molecule is CCCCOC(=O)c1ccc(N=Cc2c(O)c3cccc(Cl)c3oc2=O)cc1. The number of esters is 1. The van der Waals surface area contributed by atoms with E-state index in [0.717, 1.165) is 12.8 Å². The highest BCUT2D eigenvalue weighted by Gasteiger charge is 2.14. The van der Waals surface area contributed by atoms with Gasteiger partial charge in [-0.05, 0) is 42.8 Å². The number of hydrogen-bond acceptors (Lipinski definition) is 6. The second-order valence-corrected chi connectivity index (χ2v) is 6.47. The molecule has 0 aliphatic carbocycles. The van der Waals surface area contributed by atoms with Crippen molar-refractivity contribution in [2.75, 3.05) is 6.61 Å². The standard InChI is InChI=1S/C21H18ClNO5/c1-2-3-11-27-20(25)13-7-9-14(10-8-13)23-12-16-18(24)15-5-4-6-17(22)19(15)28-21(16)26/h4-10,12,24H,2-3,11H2,1H3. The fraction of sp³-hybridized carbons (Fsp3) is 0.190. The zero-order valence-electron chi connectivity index (χ0n) is 15.1. The molecule has 1 heterocycles. The van der Waals surface area contributed by atoms with Crippen LogP contribution in [-0.4, -0.2) is 23.9 Å². The maximum Gasteiger partial charge on any atom is 0.349 e. The van der Waals surface area contributed by atoms with Gasteiger partial charge < -0.3 is 14.3 Å². The minimum absolute atomic E-state index is 0.0854. The number of carbonyl (C=O) groups excluding carboxylic acids is 1. The lowest BCUT2D eigenvalue weighted by molar-refractivity contribution is 0.0500. The van der Waals surface area contributed by atoms with Crippen molar-refractivity contribution >= 4 is 40.4 Å². The molecular formula is C21H18ClNO5. The van der Waals surface area contributed by atoms with Crippen LogP contribution in [0.25, 0.3) is 11.0 Å². The van der Waals surface area contributed by atoms with Gasteiger partial charge in [0, 0.05) is 6.21 Å². The Kier molecular flexibility index (Phi) is 6.11. The molecule has 7 heteroatoms. The topological polar surface area (TPSA) is 89.1 Å². The molecule has 0 unspecified atom stereocenters. The predicted molar refractivity (Wildman–Crippen MR) is 108 cm³/mol. The van der Waals surface area contributed by atoms with Crippen LogP contribution in [0.2, 0.25) is 5.02 Å². The van der Waals surface area contributed by atoms with Crippen LogP contribution >= 0.6 is 11.6 Å². The van der Waals surface area contributed by atoms with Gasteiger partial charge in [-0.1, -0.05) is 31.0 Å². The Bertz CT molecular complexity index is 1090. The van der Waals surface area contributed by atoms with Gasteiger partial charge in [-0.2, -0.15) is 0 Å². The molecule has 6 nitrogen and oxygen atoms in total. The number of unbranched alkanes of at least 4 members (excludes halogenated alkanes) is 1. The number of nitrogens with zero attached hydrogens (tertiary/aromatic N) is 1. The molecule has 0 aliphatic heterocycles. The molecule has 0 amide bonds. The normalized spacial score (nSPS) is 11.2. The van der Waals surface area contributed by atoms with Crippen LogP contribution in [0, 0.1) is 0 Å². The van der Waals surface area contributed by atoms with Crippen LogP contribution in [0.3, 0.4) is 0 Å². The zero-order chi connectivity index (χ0) is 20.1. The molecule has 3 rings (SSSR count). The second kappa shape index (κ2) is 8.71. The first-order valence-corrected chi connectivity index (χ1v) is 9.14. The van der Waals surface area contributed by atoms with E-state index in [-0.39, 0.29) is 21.9 Å². The quantitative estimate of drug-likeness (QED) is 0.277. The summed E-state index contributed by atoms with van der Waals surface area (Å²) in [6.45, 7) is 2.40. The summed E-state index contributed by atoms with van der Waals surface area (Å²) in [5.41, 5.74) is 0.193. The summed E-state index contributed by atoms with van der Waals surface area (Å²) in [4.78, 5) is 28.2. The molecule has 0 saturated heterocycles. The number of fused-ring (bicyclic) bond motifs is 1. The van der Waals surface area contributed by atoms with E-state index in [0.29, 0.717) is 23.2 Å². The lowest BCUT2D eigenvalue weighted by Crippen LogP contribution is -2.07.